The number of alkyl halides is 3. The Labute approximate surface area is 128 Å². The number of benzene rings is 1. The first-order chi connectivity index (χ1) is 9.71. The predicted octanol–water partition coefficient (Wildman–Crippen LogP) is 2.85. The second-order valence-corrected chi connectivity index (χ2v) is 5.23. The van der Waals surface area contributed by atoms with Crippen molar-refractivity contribution in [3.63, 3.8) is 0 Å². The van der Waals surface area contributed by atoms with Gasteiger partial charge in [0.25, 0.3) is 5.91 Å². The summed E-state index contributed by atoms with van der Waals surface area (Å²) in [6, 6.07) is 2.88. The summed E-state index contributed by atoms with van der Waals surface area (Å²) in [5.74, 6) is -1.03. The van der Waals surface area contributed by atoms with Crippen molar-refractivity contribution in [2.24, 2.45) is 5.73 Å². The molecule has 21 heavy (non-hydrogen) atoms. The summed E-state index contributed by atoms with van der Waals surface area (Å²) in [7, 11) is 0. The van der Waals surface area contributed by atoms with Gasteiger partial charge in [0.1, 0.15) is 0 Å². The van der Waals surface area contributed by atoms with Crippen LogP contribution in [-0.4, -0.2) is 18.4 Å². The summed E-state index contributed by atoms with van der Waals surface area (Å²) in [6.45, 7) is 0.259. The Balaban J connectivity index is 2.63. The molecule has 0 aliphatic rings. The highest BCUT2D eigenvalue weighted by atomic mass is 79.9. The maximum Gasteiger partial charge on any atom is 0.416 e. The third-order valence-electron chi connectivity index (χ3n) is 2.67. The molecule has 1 rings (SSSR count). The summed E-state index contributed by atoms with van der Waals surface area (Å²) in [5.41, 5.74) is 4.00. The van der Waals surface area contributed by atoms with Gasteiger partial charge in [0.2, 0.25) is 5.91 Å². The van der Waals surface area contributed by atoms with Crippen LogP contribution < -0.4 is 11.1 Å². The number of hydrogen-bond donors (Lipinski definition) is 2. The van der Waals surface area contributed by atoms with Gasteiger partial charge in [0.15, 0.2) is 0 Å². The lowest BCUT2D eigenvalue weighted by Crippen LogP contribution is -2.25. The summed E-state index contributed by atoms with van der Waals surface area (Å²) in [6.07, 6.45) is -3.26. The van der Waals surface area contributed by atoms with Crippen LogP contribution >= 0.6 is 15.9 Å². The van der Waals surface area contributed by atoms with Crippen molar-refractivity contribution in [3.05, 3.63) is 33.8 Å². The molecule has 0 bridgehead atoms. The molecule has 1 aromatic carbocycles. The molecule has 0 spiro atoms. The summed E-state index contributed by atoms with van der Waals surface area (Å²) < 4.78 is 38.1. The average molecular weight is 367 g/mol. The van der Waals surface area contributed by atoms with Crippen LogP contribution in [0.5, 0.6) is 0 Å². The lowest BCUT2D eigenvalue weighted by molar-refractivity contribution is -0.137. The molecule has 1 aromatic rings. The van der Waals surface area contributed by atoms with Crippen LogP contribution in [0.15, 0.2) is 22.7 Å². The zero-order valence-electron chi connectivity index (χ0n) is 11.0. The monoisotopic (exact) mass is 366 g/mol. The molecule has 0 aliphatic heterocycles. The average Bonchev–Trinajstić information content (AvgIpc) is 2.36. The Morgan fingerprint density at radius 3 is 2.48 bits per heavy atom. The van der Waals surface area contributed by atoms with Gasteiger partial charge >= 0.3 is 6.18 Å². The van der Waals surface area contributed by atoms with Crippen LogP contribution in [0.1, 0.15) is 35.2 Å². The van der Waals surface area contributed by atoms with E-state index in [2.05, 4.69) is 21.2 Å². The number of amides is 2. The van der Waals surface area contributed by atoms with Crippen LogP contribution in [0.25, 0.3) is 0 Å². The van der Waals surface area contributed by atoms with Gasteiger partial charge in [-0.2, -0.15) is 13.2 Å². The molecule has 0 heterocycles. The van der Waals surface area contributed by atoms with Gasteiger partial charge in [-0.1, -0.05) is 0 Å². The lowest BCUT2D eigenvalue weighted by Gasteiger charge is -2.11. The summed E-state index contributed by atoms with van der Waals surface area (Å²) in [4.78, 5) is 22.4. The van der Waals surface area contributed by atoms with E-state index in [4.69, 9.17) is 5.73 Å². The van der Waals surface area contributed by atoms with E-state index in [9.17, 15) is 22.8 Å². The minimum Gasteiger partial charge on any atom is -0.370 e. The maximum atomic E-state index is 12.6. The van der Waals surface area contributed by atoms with E-state index in [1.54, 1.807) is 0 Å². The quantitative estimate of drug-likeness (QED) is 0.759. The zero-order valence-corrected chi connectivity index (χ0v) is 12.6. The standard InChI is InChI=1S/C13H14BrF3N2O2/c14-10-5-4-8(13(15,16)17)7-9(10)12(21)19-6-2-1-3-11(18)20/h4-5,7H,1-3,6H2,(H2,18,20)(H,19,21). The molecule has 0 saturated carbocycles. The van der Waals surface area contributed by atoms with Crippen molar-refractivity contribution in [2.45, 2.75) is 25.4 Å². The first-order valence-electron chi connectivity index (χ1n) is 6.15. The Bertz CT molecular complexity index is 533. The minimum absolute atomic E-state index is 0.0836. The molecular formula is C13H14BrF3N2O2. The fourth-order valence-corrected chi connectivity index (χ4v) is 2.02. The number of carbonyl (C=O) groups excluding carboxylic acids is 2. The van der Waals surface area contributed by atoms with Crippen LogP contribution in [-0.2, 0) is 11.0 Å². The van der Waals surface area contributed by atoms with Crippen LogP contribution in [0.4, 0.5) is 13.2 Å². The third kappa shape index (κ3) is 5.74. The van der Waals surface area contributed by atoms with E-state index >= 15 is 0 Å². The second kappa shape index (κ2) is 7.44. The van der Waals surface area contributed by atoms with Crippen molar-refractivity contribution in [1.29, 1.82) is 0 Å². The number of nitrogens with one attached hydrogen (secondary N) is 1. The fourth-order valence-electron chi connectivity index (χ4n) is 1.60. The molecule has 2 amide bonds. The molecule has 0 aliphatic carbocycles. The number of primary amides is 1. The van der Waals surface area contributed by atoms with Crippen molar-refractivity contribution < 1.29 is 22.8 Å². The third-order valence-corrected chi connectivity index (χ3v) is 3.37. The van der Waals surface area contributed by atoms with E-state index < -0.39 is 23.6 Å². The molecule has 3 N–H and O–H groups in total. The number of nitrogens with two attached hydrogens (primary N) is 1. The van der Waals surface area contributed by atoms with E-state index in [-0.39, 0.29) is 23.0 Å². The summed E-state index contributed by atoms with van der Waals surface area (Å²) >= 11 is 3.05. The van der Waals surface area contributed by atoms with Crippen molar-refractivity contribution in [3.8, 4) is 0 Å². The molecule has 0 aromatic heterocycles. The number of unbranched alkanes of at least 4 members (excludes halogenated alkanes) is 1. The van der Waals surface area contributed by atoms with Gasteiger partial charge in [0, 0.05) is 17.4 Å². The van der Waals surface area contributed by atoms with Crippen LogP contribution in [0.3, 0.4) is 0 Å². The van der Waals surface area contributed by atoms with Crippen LogP contribution in [0, 0.1) is 0 Å². The Kier molecular flexibility index (Phi) is 6.19. The first kappa shape index (κ1) is 17.5. The Morgan fingerprint density at radius 1 is 1.24 bits per heavy atom. The highest BCUT2D eigenvalue weighted by Gasteiger charge is 2.31. The first-order valence-corrected chi connectivity index (χ1v) is 6.94. The lowest BCUT2D eigenvalue weighted by atomic mass is 10.1. The minimum atomic E-state index is -4.50. The molecule has 0 saturated heterocycles. The van der Waals surface area contributed by atoms with E-state index in [0.717, 1.165) is 12.1 Å². The normalized spacial score (nSPS) is 11.2. The molecule has 0 radical (unpaired) electrons. The number of carbonyl (C=O) groups is 2. The highest BCUT2D eigenvalue weighted by molar-refractivity contribution is 9.10. The summed E-state index contributed by atoms with van der Waals surface area (Å²) in [5, 5.41) is 2.50. The van der Waals surface area contributed by atoms with E-state index in [1.165, 1.54) is 6.07 Å². The molecule has 8 heteroatoms. The molecule has 116 valence electrons. The van der Waals surface area contributed by atoms with Gasteiger partial charge in [-0.05, 0) is 47.0 Å². The van der Waals surface area contributed by atoms with Crippen molar-refractivity contribution in [1.82, 2.24) is 5.32 Å². The van der Waals surface area contributed by atoms with E-state index in [1.807, 2.05) is 0 Å². The van der Waals surface area contributed by atoms with E-state index in [0.29, 0.717) is 12.8 Å². The fraction of sp³-hybridized carbons (Fsp3) is 0.385. The molecule has 0 atom stereocenters. The second-order valence-electron chi connectivity index (χ2n) is 4.37. The predicted molar refractivity (Wildman–Crippen MR) is 74.5 cm³/mol. The topological polar surface area (TPSA) is 72.2 Å². The molecule has 0 unspecified atom stereocenters. The molecule has 4 nitrogen and oxygen atoms in total. The Hall–Kier alpha value is -1.57. The highest BCUT2D eigenvalue weighted by Crippen LogP contribution is 2.31. The SMILES string of the molecule is NC(=O)CCCCNC(=O)c1cc(C(F)(F)F)ccc1Br. The number of hydrogen-bond acceptors (Lipinski definition) is 2. The number of rotatable bonds is 6. The van der Waals surface area contributed by atoms with Gasteiger partial charge < -0.3 is 11.1 Å². The molecular weight excluding hydrogens is 353 g/mol. The zero-order chi connectivity index (χ0) is 16.0. The van der Waals surface area contributed by atoms with Crippen LogP contribution in [0.2, 0.25) is 0 Å². The molecule has 0 fully saturated rings. The van der Waals surface area contributed by atoms with Gasteiger partial charge in [-0.3, -0.25) is 9.59 Å². The Morgan fingerprint density at radius 2 is 1.90 bits per heavy atom. The smallest absolute Gasteiger partial charge is 0.370 e. The van der Waals surface area contributed by atoms with Crippen molar-refractivity contribution in [2.75, 3.05) is 6.54 Å². The van der Waals surface area contributed by atoms with Gasteiger partial charge in [-0.15, -0.1) is 0 Å². The van der Waals surface area contributed by atoms with Gasteiger partial charge in [0.05, 0.1) is 11.1 Å². The largest absolute Gasteiger partial charge is 0.416 e. The van der Waals surface area contributed by atoms with Crippen molar-refractivity contribution >= 4 is 27.7 Å². The van der Waals surface area contributed by atoms with Gasteiger partial charge in [-0.25, -0.2) is 0 Å². The maximum absolute atomic E-state index is 12.6. The number of halogens is 4.